The van der Waals surface area contributed by atoms with Crippen LogP contribution < -0.4 is 5.32 Å². The molecule has 3 heterocycles. The van der Waals surface area contributed by atoms with E-state index in [0.717, 1.165) is 23.9 Å². The highest BCUT2D eigenvalue weighted by atomic mass is 35.5. The number of carbonyl (C=O) groups is 1. The van der Waals surface area contributed by atoms with Gasteiger partial charge in [-0.05, 0) is 37.8 Å². The first-order valence-electron chi connectivity index (χ1n) is 7.96. The third-order valence-corrected chi connectivity index (χ3v) is 4.98. The summed E-state index contributed by atoms with van der Waals surface area (Å²) in [5, 5.41) is 3.61. The summed E-state index contributed by atoms with van der Waals surface area (Å²) in [6, 6.07) is 9.09. The molecule has 24 heavy (non-hydrogen) atoms. The summed E-state index contributed by atoms with van der Waals surface area (Å²) in [6.07, 6.45) is 6.15. The van der Waals surface area contributed by atoms with E-state index in [1.165, 1.54) is 12.8 Å². The molecule has 0 aliphatic carbocycles. The predicted molar refractivity (Wildman–Crippen MR) is 99.1 cm³/mol. The number of hydrogen-bond donors (Lipinski definition) is 1. The van der Waals surface area contributed by atoms with Gasteiger partial charge in [0.25, 0.3) is 5.91 Å². The Balaban J connectivity index is 0.00000104. The highest BCUT2D eigenvalue weighted by molar-refractivity contribution is 5.93. The first-order chi connectivity index (χ1) is 10.7. The lowest BCUT2D eigenvalue weighted by Gasteiger charge is -2.35. The number of rotatable bonds is 2. The van der Waals surface area contributed by atoms with Gasteiger partial charge in [0.1, 0.15) is 5.69 Å². The molecule has 2 aliphatic rings. The standard InChI is InChI=1S/C17H20N4O.2ClH/c1-21(13-8-11-6-7-12(9-13)19-11)17(22)16-10-18-14-4-2-3-5-15(14)20-16;;/h2-5,10-13,19H,6-9H2,1H3;2*1H. The van der Waals surface area contributed by atoms with Crippen LogP contribution >= 0.6 is 24.8 Å². The van der Waals surface area contributed by atoms with Crippen LogP contribution in [0, 0.1) is 0 Å². The molecular formula is C17H22Cl2N4O. The van der Waals surface area contributed by atoms with E-state index in [9.17, 15) is 4.79 Å². The van der Waals surface area contributed by atoms with Gasteiger partial charge in [-0.1, -0.05) is 12.1 Å². The summed E-state index contributed by atoms with van der Waals surface area (Å²) >= 11 is 0. The molecule has 7 heteroatoms. The van der Waals surface area contributed by atoms with E-state index >= 15 is 0 Å². The maximum absolute atomic E-state index is 12.7. The van der Waals surface area contributed by atoms with Crippen LogP contribution in [0.5, 0.6) is 0 Å². The van der Waals surface area contributed by atoms with Crippen LogP contribution in [0.2, 0.25) is 0 Å². The number of amides is 1. The van der Waals surface area contributed by atoms with E-state index < -0.39 is 0 Å². The number of fused-ring (bicyclic) bond motifs is 3. The van der Waals surface area contributed by atoms with Crippen LogP contribution in [-0.4, -0.2) is 45.9 Å². The van der Waals surface area contributed by atoms with Gasteiger partial charge in [-0.15, -0.1) is 24.8 Å². The van der Waals surface area contributed by atoms with E-state index in [0.29, 0.717) is 23.8 Å². The second-order valence-corrected chi connectivity index (χ2v) is 6.42. The maximum Gasteiger partial charge on any atom is 0.274 e. The second kappa shape index (κ2) is 7.64. The molecule has 1 N–H and O–H groups in total. The van der Waals surface area contributed by atoms with Crippen LogP contribution in [-0.2, 0) is 0 Å². The van der Waals surface area contributed by atoms with Gasteiger partial charge >= 0.3 is 0 Å². The van der Waals surface area contributed by atoms with Crippen molar-refractivity contribution in [1.29, 1.82) is 0 Å². The first-order valence-corrected chi connectivity index (χ1v) is 7.96. The Morgan fingerprint density at radius 2 is 1.75 bits per heavy atom. The molecule has 0 saturated carbocycles. The zero-order valence-corrected chi connectivity index (χ0v) is 15.1. The minimum atomic E-state index is -0.0236. The van der Waals surface area contributed by atoms with Crippen molar-refractivity contribution in [2.75, 3.05) is 7.05 Å². The van der Waals surface area contributed by atoms with Gasteiger partial charge in [-0.3, -0.25) is 9.78 Å². The lowest BCUT2D eigenvalue weighted by atomic mass is 9.98. The molecule has 2 atom stereocenters. The number of halogens is 2. The molecular weight excluding hydrogens is 347 g/mol. The van der Waals surface area contributed by atoms with Gasteiger partial charge in [0.05, 0.1) is 17.2 Å². The minimum absolute atomic E-state index is 0. The first kappa shape index (κ1) is 18.9. The molecule has 2 aliphatic heterocycles. The van der Waals surface area contributed by atoms with Crippen molar-refractivity contribution in [2.24, 2.45) is 0 Å². The van der Waals surface area contributed by atoms with E-state index in [1.807, 2.05) is 36.2 Å². The van der Waals surface area contributed by atoms with E-state index in [4.69, 9.17) is 0 Å². The average Bonchev–Trinajstić information content (AvgIpc) is 2.91. The summed E-state index contributed by atoms with van der Waals surface area (Å²) in [7, 11) is 1.90. The fourth-order valence-electron chi connectivity index (χ4n) is 3.75. The summed E-state index contributed by atoms with van der Waals surface area (Å²) in [4.78, 5) is 23.4. The number of carbonyl (C=O) groups excluding carboxylic acids is 1. The quantitative estimate of drug-likeness (QED) is 0.885. The number of benzene rings is 1. The highest BCUT2D eigenvalue weighted by Crippen LogP contribution is 2.29. The van der Waals surface area contributed by atoms with Gasteiger partial charge in [0.2, 0.25) is 0 Å². The van der Waals surface area contributed by atoms with Gasteiger partial charge in [0, 0.05) is 25.2 Å². The van der Waals surface area contributed by atoms with Crippen molar-refractivity contribution < 1.29 is 4.79 Å². The monoisotopic (exact) mass is 368 g/mol. The van der Waals surface area contributed by atoms with Crippen molar-refractivity contribution in [3.05, 3.63) is 36.2 Å². The van der Waals surface area contributed by atoms with Gasteiger partial charge in [0.15, 0.2) is 0 Å². The smallest absolute Gasteiger partial charge is 0.274 e. The topological polar surface area (TPSA) is 58.1 Å². The lowest BCUT2D eigenvalue weighted by molar-refractivity contribution is 0.0675. The maximum atomic E-state index is 12.7. The van der Waals surface area contributed by atoms with Crippen molar-refractivity contribution in [1.82, 2.24) is 20.2 Å². The van der Waals surface area contributed by atoms with Crippen molar-refractivity contribution in [3.8, 4) is 0 Å². The van der Waals surface area contributed by atoms with Crippen molar-refractivity contribution in [2.45, 2.75) is 43.8 Å². The Kier molecular flexibility index (Phi) is 6.01. The number of hydrogen-bond acceptors (Lipinski definition) is 4. The number of nitrogens with one attached hydrogen (secondary N) is 1. The van der Waals surface area contributed by atoms with Crippen LogP contribution in [0.3, 0.4) is 0 Å². The molecule has 0 spiro atoms. The van der Waals surface area contributed by atoms with Gasteiger partial charge in [-0.2, -0.15) is 0 Å². The van der Waals surface area contributed by atoms with Crippen LogP contribution in [0.1, 0.15) is 36.2 Å². The molecule has 5 nitrogen and oxygen atoms in total. The van der Waals surface area contributed by atoms with Gasteiger partial charge in [-0.25, -0.2) is 4.98 Å². The fraction of sp³-hybridized carbons (Fsp3) is 0.471. The summed E-state index contributed by atoms with van der Waals surface area (Å²) in [5.74, 6) is -0.0236. The molecule has 2 unspecified atom stereocenters. The second-order valence-electron chi connectivity index (χ2n) is 6.42. The van der Waals surface area contributed by atoms with Gasteiger partial charge < -0.3 is 10.2 Å². The predicted octanol–water partition coefficient (Wildman–Crippen LogP) is 2.83. The Morgan fingerprint density at radius 1 is 1.12 bits per heavy atom. The molecule has 130 valence electrons. The number of piperidine rings is 1. The molecule has 2 aromatic rings. The average molecular weight is 369 g/mol. The Bertz CT molecular complexity index is 715. The molecule has 2 fully saturated rings. The van der Waals surface area contributed by atoms with Crippen LogP contribution in [0.4, 0.5) is 0 Å². The van der Waals surface area contributed by atoms with Crippen molar-refractivity contribution >= 4 is 41.8 Å². The molecule has 1 amide bonds. The lowest BCUT2D eigenvalue weighted by Crippen LogP contribution is -2.48. The Morgan fingerprint density at radius 3 is 2.42 bits per heavy atom. The number of para-hydroxylation sites is 2. The minimum Gasteiger partial charge on any atom is -0.337 e. The SMILES string of the molecule is CN(C(=O)c1cnc2ccccc2n1)C1CC2CCC(C1)N2.Cl.Cl. The largest absolute Gasteiger partial charge is 0.337 e. The third-order valence-electron chi connectivity index (χ3n) is 4.98. The number of aromatic nitrogens is 2. The summed E-state index contributed by atoms with van der Waals surface area (Å²) in [6.45, 7) is 0. The molecule has 1 aromatic heterocycles. The Labute approximate surface area is 154 Å². The van der Waals surface area contributed by atoms with Crippen LogP contribution in [0.25, 0.3) is 11.0 Å². The summed E-state index contributed by atoms with van der Waals surface area (Å²) < 4.78 is 0. The van der Waals surface area contributed by atoms with Crippen LogP contribution in [0.15, 0.2) is 30.5 Å². The third kappa shape index (κ3) is 3.48. The molecule has 4 rings (SSSR count). The van der Waals surface area contributed by atoms with E-state index in [1.54, 1.807) is 6.20 Å². The molecule has 2 saturated heterocycles. The Hall–Kier alpha value is -1.43. The normalized spacial score (nSPS) is 24.8. The highest BCUT2D eigenvalue weighted by Gasteiger charge is 2.36. The number of nitrogens with zero attached hydrogens (tertiary/aromatic N) is 3. The van der Waals surface area contributed by atoms with E-state index in [2.05, 4.69) is 15.3 Å². The summed E-state index contributed by atoms with van der Waals surface area (Å²) in [5.41, 5.74) is 2.03. The van der Waals surface area contributed by atoms with E-state index in [-0.39, 0.29) is 30.7 Å². The van der Waals surface area contributed by atoms with Crippen molar-refractivity contribution in [3.63, 3.8) is 0 Å². The zero-order valence-electron chi connectivity index (χ0n) is 13.5. The molecule has 1 aromatic carbocycles. The zero-order chi connectivity index (χ0) is 15.1. The molecule has 0 radical (unpaired) electrons. The fourth-order valence-corrected chi connectivity index (χ4v) is 3.75. The molecule has 2 bridgehead atoms.